The molecule has 1 saturated carbocycles. The Morgan fingerprint density at radius 3 is 2.95 bits per heavy atom. The SMILES string of the molecule is O=C(N/N=C1\CC2C=CCC12)c1ccc(O)cc1O. The summed E-state index contributed by atoms with van der Waals surface area (Å²) in [6.07, 6.45) is 6.22. The third kappa shape index (κ3) is 2.07. The zero-order valence-corrected chi connectivity index (χ0v) is 10.2. The van der Waals surface area contributed by atoms with Crippen LogP contribution < -0.4 is 5.43 Å². The van der Waals surface area contributed by atoms with Crippen molar-refractivity contribution in [3.8, 4) is 11.5 Å². The molecule has 19 heavy (non-hydrogen) atoms. The molecule has 0 bridgehead atoms. The first-order valence-electron chi connectivity index (χ1n) is 6.20. The maximum absolute atomic E-state index is 11.8. The van der Waals surface area contributed by atoms with Crippen molar-refractivity contribution in [2.75, 3.05) is 0 Å². The highest BCUT2D eigenvalue weighted by atomic mass is 16.3. The van der Waals surface area contributed by atoms with Crippen LogP contribution in [-0.2, 0) is 0 Å². The highest BCUT2D eigenvalue weighted by Gasteiger charge is 2.38. The zero-order chi connectivity index (χ0) is 13.4. The summed E-state index contributed by atoms with van der Waals surface area (Å²) in [5.74, 6) is 0.205. The number of rotatable bonds is 2. The van der Waals surface area contributed by atoms with E-state index in [2.05, 4.69) is 22.7 Å². The number of amides is 1. The van der Waals surface area contributed by atoms with Gasteiger partial charge in [0, 0.05) is 17.7 Å². The number of nitrogens with one attached hydrogen (secondary N) is 1. The number of phenolic OH excluding ortho intramolecular Hbond substituents is 2. The molecular weight excluding hydrogens is 244 g/mol. The number of carbonyl (C=O) groups excluding carboxylic acids is 1. The van der Waals surface area contributed by atoms with E-state index < -0.39 is 5.91 Å². The molecule has 5 nitrogen and oxygen atoms in total. The minimum absolute atomic E-state index is 0.0840. The van der Waals surface area contributed by atoms with Gasteiger partial charge in [-0.3, -0.25) is 4.79 Å². The number of phenols is 2. The zero-order valence-electron chi connectivity index (χ0n) is 10.2. The van der Waals surface area contributed by atoms with Gasteiger partial charge in [0.15, 0.2) is 0 Å². The molecule has 0 saturated heterocycles. The van der Waals surface area contributed by atoms with E-state index in [0.717, 1.165) is 24.6 Å². The van der Waals surface area contributed by atoms with E-state index in [-0.39, 0.29) is 17.1 Å². The van der Waals surface area contributed by atoms with Crippen molar-refractivity contribution in [1.82, 2.24) is 5.43 Å². The van der Waals surface area contributed by atoms with E-state index in [1.807, 2.05) is 0 Å². The first-order chi connectivity index (χ1) is 9.15. The predicted octanol–water partition coefficient (Wildman–Crippen LogP) is 1.78. The lowest BCUT2D eigenvalue weighted by Crippen LogP contribution is -2.35. The fourth-order valence-corrected chi connectivity index (χ4v) is 2.56. The minimum atomic E-state index is -0.473. The second kappa shape index (κ2) is 4.42. The van der Waals surface area contributed by atoms with Crippen molar-refractivity contribution in [2.24, 2.45) is 16.9 Å². The second-order valence-corrected chi connectivity index (χ2v) is 4.88. The molecule has 2 aliphatic carbocycles. The smallest absolute Gasteiger partial charge is 0.275 e. The molecule has 1 fully saturated rings. The molecular formula is C14H14N2O3. The number of aromatic hydroxyl groups is 2. The number of hydrazone groups is 1. The van der Waals surface area contributed by atoms with Gasteiger partial charge in [-0.2, -0.15) is 5.10 Å². The molecule has 0 aromatic heterocycles. The van der Waals surface area contributed by atoms with Gasteiger partial charge in [-0.25, -0.2) is 5.43 Å². The molecule has 3 N–H and O–H groups in total. The molecule has 0 radical (unpaired) electrons. The van der Waals surface area contributed by atoms with Gasteiger partial charge >= 0.3 is 0 Å². The van der Waals surface area contributed by atoms with Crippen molar-refractivity contribution >= 4 is 11.6 Å². The Morgan fingerprint density at radius 1 is 1.37 bits per heavy atom. The topological polar surface area (TPSA) is 81.9 Å². The van der Waals surface area contributed by atoms with Crippen LogP contribution in [0, 0.1) is 11.8 Å². The molecule has 0 heterocycles. The van der Waals surface area contributed by atoms with Crippen LogP contribution in [0.3, 0.4) is 0 Å². The van der Waals surface area contributed by atoms with E-state index in [1.165, 1.54) is 12.1 Å². The van der Waals surface area contributed by atoms with Gasteiger partial charge in [-0.1, -0.05) is 12.2 Å². The molecule has 2 aliphatic rings. The van der Waals surface area contributed by atoms with E-state index in [1.54, 1.807) is 0 Å². The Hall–Kier alpha value is -2.30. The summed E-state index contributed by atoms with van der Waals surface area (Å²) >= 11 is 0. The summed E-state index contributed by atoms with van der Waals surface area (Å²) < 4.78 is 0. The van der Waals surface area contributed by atoms with Crippen molar-refractivity contribution in [2.45, 2.75) is 12.8 Å². The molecule has 98 valence electrons. The lowest BCUT2D eigenvalue weighted by molar-refractivity contribution is 0.0951. The summed E-state index contributed by atoms with van der Waals surface area (Å²) in [6.45, 7) is 0. The standard InChI is InChI=1S/C14H14N2O3/c17-9-4-5-11(13(18)7-9)14(19)16-15-12-6-8-2-1-3-10(8)12/h1-2,4-5,7-8,10,17-18H,3,6H2,(H,16,19)/b15-12+. The van der Waals surface area contributed by atoms with Crippen molar-refractivity contribution in [3.05, 3.63) is 35.9 Å². The van der Waals surface area contributed by atoms with Crippen molar-refractivity contribution in [3.63, 3.8) is 0 Å². The predicted molar refractivity (Wildman–Crippen MR) is 70.0 cm³/mol. The van der Waals surface area contributed by atoms with Gasteiger partial charge in [-0.15, -0.1) is 0 Å². The van der Waals surface area contributed by atoms with Gasteiger partial charge in [0.05, 0.1) is 5.56 Å². The van der Waals surface area contributed by atoms with Gasteiger partial charge in [-0.05, 0) is 30.9 Å². The van der Waals surface area contributed by atoms with Crippen LogP contribution in [0.1, 0.15) is 23.2 Å². The van der Waals surface area contributed by atoms with Crippen molar-refractivity contribution < 1.29 is 15.0 Å². The van der Waals surface area contributed by atoms with Crippen LogP contribution in [0.5, 0.6) is 11.5 Å². The Morgan fingerprint density at radius 2 is 2.21 bits per heavy atom. The number of allylic oxidation sites excluding steroid dienone is 2. The van der Waals surface area contributed by atoms with Crippen LogP contribution in [0.25, 0.3) is 0 Å². The molecule has 5 heteroatoms. The Bertz CT molecular complexity index is 592. The molecule has 0 aliphatic heterocycles. The number of hydrogen-bond acceptors (Lipinski definition) is 4. The quantitative estimate of drug-likeness (QED) is 0.558. The average molecular weight is 258 g/mol. The molecule has 2 atom stereocenters. The monoisotopic (exact) mass is 258 g/mol. The van der Waals surface area contributed by atoms with Crippen molar-refractivity contribution in [1.29, 1.82) is 0 Å². The number of carbonyl (C=O) groups is 1. The highest BCUT2D eigenvalue weighted by Crippen LogP contribution is 2.40. The summed E-state index contributed by atoms with van der Waals surface area (Å²) in [6, 6.07) is 3.84. The molecule has 1 aromatic rings. The average Bonchev–Trinajstić information content (AvgIpc) is 2.71. The maximum Gasteiger partial charge on any atom is 0.275 e. The van der Waals surface area contributed by atoms with Crippen LogP contribution in [0.2, 0.25) is 0 Å². The lowest BCUT2D eigenvalue weighted by Gasteiger charge is -2.31. The Kier molecular flexibility index (Phi) is 2.74. The summed E-state index contributed by atoms with van der Waals surface area (Å²) in [7, 11) is 0. The molecule has 3 rings (SSSR count). The third-order valence-electron chi connectivity index (χ3n) is 3.69. The second-order valence-electron chi connectivity index (χ2n) is 4.88. The van der Waals surface area contributed by atoms with Gasteiger partial charge < -0.3 is 10.2 Å². The van der Waals surface area contributed by atoms with E-state index >= 15 is 0 Å². The number of benzene rings is 1. The Labute approximate surface area is 110 Å². The summed E-state index contributed by atoms with van der Waals surface area (Å²) in [5, 5.41) is 22.8. The first kappa shape index (κ1) is 11.8. The minimum Gasteiger partial charge on any atom is -0.508 e. The van der Waals surface area contributed by atoms with E-state index in [4.69, 9.17) is 5.11 Å². The van der Waals surface area contributed by atoms with Gasteiger partial charge in [0.2, 0.25) is 0 Å². The molecule has 1 aromatic carbocycles. The first-order valence-corrected chi connectivity index (χ1v) is 6.20. The van der Waals surface area contributed by atoms with Gasteiger partial charge in [0.25, 0.3) is 5.91 Å². The number of hydrogen-bond donors (Lipinski definition) is 3. The number of fused-ring (bicyclic) bond motifs is 1. The van der Waals surface area contributed by atoms with Crippen LogP contribution in [0.4, 0.5) is 0 Å². The summed E-state index contributed by atoms with van der Waals surface area (Å²) in [4.78, 5) is 11.8. The van der Waals surface area contributed by atoms with Gasteiger partial charge in [0.1, 0.15) is 11.5 Å². The maximum atomic E-state index is 11.8. The van der Waals surface area contributed by atoms with Crippen LogP contribution >= 0.6 is 0 Å². The highest BCUT2D eigenvalue weighted by molar-refractivity contribution is 5.99. The summed E-state index contributed by atoms with van der Waals surface area (Å²) in [5.41, 5.74) is 3.55. The fourth-order valence-electron chi connectivity index (χ4n) is 2.56. The third-order valence-corrected chi connectivity index (χ3v) is 3.69. The van der Waals surface area contributed by atoms with E-state index in [9.17, 15) is 9.90 Å². The Balaban J connectivity index is 1.67. The fraction of sp³-hybridized carbons (Fsp3) is 0.286. The molecule has 2 unspecified atom stereocenters. The lowest BCUT2D eigenvalue weighted by atomic mass is 9.74. The normalized spacial score (nSPS) is 26.0. The number of nitrogens with zero attached hydrogens (tertiary/aromatic N) is 1. The molecule has 1 amide bonds. The van der Waals surface area contributed by atoms with E-state index in [0.29, 0.717) is 11.8 Å². The largest absolute Gasteiger partial charge is 0.508 e. The molecule has 0 spiro atoms. The van der Waals surface area contributed by atoms with Crippen LogP contribution in [-0.4, -0.2) is 21.8 Å². The van der Waals surface area contributed by atoms with Crippen LogP contribution in [0.15, 0.2) is 35.5 Å².